The Labute approximate surface area is 177 Å². The maximum absolute atomic E-state index is 12.8. The van der Waals surface area contributed by atoms with Crippen molar-refractivity contribution in [3.8, 4) is 0 Å². The molecular weight excluding hydrogens is 407 g/mol. The van der Waals surface area contributed by atoms with Crippen LogP contribution in [-0.4, -0.2) is 39.0 Å². The van der Waals surface area contributed by atoms with E-state index in [-0.39, 0.29) is 12.6 Å². The molecule has 0 fully saturated rings. The zero-order chi connectivity index (χ0) is 22.0. The van der Waals surface area contributed by atoms with Crippen LogP contribution in [0.15, 0.2) is 48.5 Å². The lowest BCUT2D eigenvalue weighted by molar-refractivity contribution is -0.137. The average molecular weight is 429 g/mol. The first kappa shape index (κ1) is 20.9. The van der Waals surface area contributed by atoms with Crippen LogP contribution >= 0.6 is 0 Å². The number of fused-ring (bicyclic) bond motifs is 1. The van der Waals surface area contributed by atoms with Gasteiger partial charge in [-0.15, -0.1) is 5.10 Å². The summed E-state index contributed by atoms with van der Waals surface area (Å²) in [5.74, 6) is 0.346. The Morgan fingerprint density at radius 1 is 1.03 bits per heavy atom. The minimum absolute atomic E-state index is 0.238. The number of rotatable bonds is 3. The van der Waals surface area contributed by atoms with Crippen molar-refractivity contribution in [3.05, 3.63) is 76.5 Å². The van der Waals surface area contributed by atoms with Crippen LogP contribution in [0.25, 0.3) is 0 Å². The Morgan fingerprint density at radius 2 is 1.65 bits per heavy atom. The highest BCUT2D eigenvalue weighted by molar-refractivity contribution is 5.88. The maximum atomic E-state index is 12.8. The molecule has 0 spiro atoms. The molecule has 162 valence electrons. The lowest BCUT2D eigenvalue weighted by Crippen LogP contribution is -2.37. The van der Waals surface area contributed by atoms with Gasteiger partial charge in [0, 0.05) is 13.1 Å². The van der Waals surface area contributed by atoms with Crippen LogP contribution in [0, 0.1) is 6.92 Å². The van der Waals surface area contributed by atoms with E-state index in [4.69, 9.17) is 0 Å². The number of carbonyl (C=O) groups excluding carboxylic acids is 1. The number of urea groups is 1. The molecule has 31 heavy (non-hydrogen) atoms. The van der Waals surface area contributed by atoms with E-state index in [9.17, 15) is 18.0 Å². The SMILES string of the molecule is Cc1c(NC(=O)N2CCc3ccccc3CC2)nnn1Cc1ccc(C(F)(F)F)cc1. The van der Waals surface area contributed by atoms with Crippen molar-refractivity contribution in [2.45, 2.75) is 32.5 Å². The van der Waals surface area contributed by atoms with Crippen molar-refractivity contribution in [3.63, 3.8) is 0 Å². The summed E-state index contributed by atoms with van der Waals surface area (Å²) in [6, 6.07) is 12.9. The molecular formula is C22H22F3N5O. The minimum Gasteiger partial charge on any atom is -0.324 e. The van der Waals surface area contributed by atoms with Crippen LogP contribution in [0.3, 0.4) is 0 Å². The first-order valence-corrected chi connectivity index (χ1v) is 10.00. The molecule has 9 heteroatoms. The second-order valence-electron chi connectivity index (χ2n) is 7.56. The van der Waals surface area contributed by atoms with Gasteiger partial charge in [-0.25, -0.2) is 9.48 Å². The quantitative estimate of drug-likeness (QED) is 0.676. The zero-order valence-electron chi connectivity index (χ0n) is 17.0. The summed E-state index contributed by atoms with van der Waals surface area (Å²) in [5.41, 5.74) is 3.11. The monoisotopic (exact) mass is 429 g/mol. The smallest absolute Gasteiger partial charge is 0.324 e. The van der Waals surface area contributed by atoms with Gasteiger partial charge in [0.05, 0.1) is 17.8 Å². The number of halogens is 3. The number of nitrogens with one attached hydrogen (secondary N) is 1. The molecule has 0 bridgehead atoms. The van der Waals surface area contributed by atoms with Gasteiger partial charge in [0.1, 0.15) is 0 Å². The number of hydrogen-bond acceptors (Lipinski definition) is 3. The third kappa shape index (κ3) is 4.70. The van der Waals surface area contributed by atoms with Crippen molar-refractivity contribution in [2.24, 2.45) is 0 Å². The van der Waals surface area contributed by atoms with E-state index >= 15 is 0 Å². The Bertz CT molecular complexity index is 1050. The lowest BCUT2D eigenvalue weighted by atomic mass is 10.0. The van der Waals surface area contributed by atoms with Crippen molar-refractivity contribution >= 4 is 11.8 Å². The highest BCUT2D eigenvalue weighted by atomic mass is 19.4. The van der Waals surface area contributed by atoms with Gasteiger partial charge < -0.3 is 4.90 Å². The van der Waals surface area contributed by atoms with E-state index in [2.05, 4.69) is 27.8 Å². The molecule has 3 aromatic rings. The zero-order valence-corrected chi connectivity index (χ0v) is 17.0. The Balaban J connectivity index is 1.40. The van der Waals surface area contributed by atoms with Gasteiger partial charge in [-0.05, 0) is 48.6 Å². The van der Waals surface area contributed by atoms with Crippen LogP contribution < -0.4 is 5.32 Å². The third-order valence-electron chi connectivity index (χ3n) is 5.53. The number of carbonyl (C=O) groups is 1. The van der Waals surface area contributed by atoms with Crippen molar-refractivity contribution in [1.82, 2.24) is 19.9 Å². The topological polar surface area (TPSA) is 63.1 Å². The molecule has 1 N–H and O–H groups in total. The molecule has 1 aromatic heterocycles. The summed E-state index contributed by atoms with van der Waals surface area (Å²) in [6.45, 7) is 3.24. The van der Waals surface area contributed by atoms with E-state index < -0.39 is 11.7 Å². The summed E-state index contributed by atoms with van der Waals surface area (Å²) in [6.07, 6.45) is -2.78. The molecule has 2 amide bonds. The summed E-state index contributed by atoms with van der Waals surface area (Å²) in [7, 11) is 0. The lowest BCUT2D eigenvalue weighted by Gasteiger charge is -2.20. The number of benzene rings is 2. The predicted molar refractivity (Wildman–Crippen MR) is 110 cm³/mol. The highest BCUT2D eigenvalue weighted by Crippen LogP contribution is 2.29. The third-order valence-corrected chi connectivity index (χ3v) is 5.53. The molecule has 0 unspecified atom stereocenters. The first-order chi connectivity index (χ1) is 14.8. The summed E-state index contributed by atoms with van der Waals surface area (Å²) in [5, 5.41) is 10.9. The maximum Gasteiger partial charge on any atom is 0.416 e. The number of anilines is 1. The standard InChI is InChI=1S/C22H22F3N5O/c1-15-20(26-21(31)29-12-10-17-4-2-3-5-18(17)11-13-29)27-28-30(15)14-16-6-8-19(9-7-16)22(23,24)25/h2-9H,10-14H2,1H3,(H,26,31). The largest absolute Gasteiger partial charge is 0.416 e. The average Bonchev–Trinajstić information content (AvgIpc) is 2.95. The van der Waals surface area contributed by atoms with Crippen LogP contribution in [-0.2, 0) is 25.6 Å². The Kier molecular flexibility index (Phi) is 5.67. The highest BCUT2D eigenvalue weighted by Gasteiger charge is 2.30. The molecule has 1 aliphatic heterocycles. The van der Waals surface area contributed by atoms with E-state index in [1.165, 1.54) is 23.3 Å². The number of hydrogen-bond donors (Lipinski definition) is 1. The van der Waals surface area contributed by atoms with Crippen LogP contribution in [0.1, 0.15) is 27.9 Å². The molecule has 2 aromatic carbocycles. The van der Waals surface area contributed by atoms with Gasteiger partial charge in [-0.3, -0.25) is 5.32 Å². The normalized spacial score (nSPS) is 14.1. The number of nitrogens with zero attached hydrogens (tertiary/aromatic N) is 4. The van der Waals surface area contributed by atoms with Crippen molar-refractivity contribution < 1.29 is 18.0 Å². The fraction of sp³-hybridized carbons (Fsp3) is 0.318. The summed E-state index contributed by atoms with van der Waals surface area (Å²) < 4.78 is 39.7. The predicted octanol–water partition coefficient (Wildman–Crippen LogP) is 4.29. The molecule has 0 radical (unpaired) electrons. The molecule has 0 saturated heterocycles. The molecule has 2 heterocycles. The molecule has 1 aliphatic rings. The first-order valence-electron chi connectivity index (χ1n) is 10.00. The fourth-order valence-electron chi connectivity index (χ4n) is 3.65. The van der Waals surface area contributed by atoms with E-state index in [0.717, 1.165) is 25.0 Å². The van der Waals surface area contributed by atoms with Crippen LogP contribution in [0.4, 0.5) is 23.8 Å². The fourth-order valence-corrected chi connectivity index (χ4v) is 3.65. The van der Waals surface area contributed by atoms with Crippen molar-refractivity contribution in [2.75, 3.05) is 18.4 Å². The van der Waals surface area contributed by atoms with Gasteiger partial charge in [0.2, 0.25) is 0 Å². The number of amides is 2. The van der Waals surface area contributed by atoms with Crippen LogP contribution in [0.2, 0.25) is 0 Å². The van der Waals surface area contributed by atoms with Gasteiger partial charge in [0.15, 0.2) is 5.82 Å². The minimum atomic E-state index is -4.37. The van der Waals surface area contributed by atoms with Gasteiger partial charge in [-0.1, -0.05) is 41.6 Å². The second-order valence-corrected chi connectivity index (χ2v) is 7.56. The molecule has 6 nitrogen and oxygen atoms in total. The van der Waals surface area contributed by atoms with E-state index in [1.807, 2.05) is 12.1 Å². The van der Waals surface area contributed by atoms with Gasteiger partial charge in [0.25, 0.3) is 0 Å². The van der Waals surface area contributed by atoms with Gasteiger partial charge >= 0.3 is 12.2 Å². The molecule has 4 rings (SSSR count). The van der Waals surface area contributed by atoms with Gasteiger partial charge in [-0.2, -0.15) is 13.2 Å². The summed E-state index contributed by atoms with van der Waals surface area (Å²) in [4.78, 5) is 14.5. The summed E-state index contributed by atoms with van der Waals surface area (Å²) >= 11 is 0. The second kappa shape index (κ2) is 8.41. The van der Waals surface area contributed by atoms with Crippen molar-refractivity contribution in [1.29, 1.82) is 0 Å². The number of alkyl halides is 3. The van der Waals surface area contributed by atoms with E-state index in [0.29, 0.717) is 30.2 Å². The molecule has 0 aliphatic carbocycles. The Hall–Kier alpha value is -3.36. The molecule has 0 saturated carbocycles. The number of aromatic nitrogens is 3. The Morgan fingerprint density at radius 3 is 2.23 bits per heavy atom. The van der Waals surface area contributed by atoms with Crippen LogP contribution in [0.5, 0.6) is 0 Å². The van der Waals surface area contributed by atoms with E-state index in [1.54, 1.807) is 16.5 Å². The molecule has 0 atom stereocenters.